The molecule has 1 N–H and O–H groups in total. The van der Waals surface area contributed by atoms with Crippen LogP contribution in [0.3, 0.4) is 0 Å². The van der Waals surface area contributed by atoms with Crippen LogP contribution in [0.1, 0.15) is 0 Å². The van der Waals surface area contributed by atoms with Gasteiger partial charge in [0.2, 0.25) is 0 Å². The Labute approximate surface area is 64.1 Å². The first-order chi connectivity index (χ1) is 4.49. The van der Waals surface area contributed by atoms with E-state index in [0.29, 0.717) is 0 Å². The summed E-state index contributed by atoms with van der Waals surface area (Å²) >= 11 is 0. The molecule has 0 aliphatic carbocycles. The van der Waals surface area contributed by atoms with Crippen molar-refractivity contribution in [1.29, 1.82) is 0 Å². The van der Waals surface area contributed by atoms with Crippen molar-refractivity contribution in [2.45, 2.75) is 19.6 Å². The van der Waals surface area contributed by atoms with Crippen molar-refractivity contribution in [2.75, 3.05) is 6.61 Å². The minimum absolute atomic E-state index is 0.119. The molecular weight excluding hydrogens is 140 g/mol. The minimum Gasteiger partial charge on any atom is -0.392 e. The molecule has 58 valence electrons. The van der Waals surface area contributed by atoms with Gasteiger partial charge < -0.3 is 5.11 Å². The fourth-order valence-electron chi connectivity index (χ4n) is 0.725. The first kappa shape index (κ1) is 9.66. The standard InChI is InChI=1S/C8H16OSi/c1-5-8(6-9)7-10(2,3)4/h5,7,9H,1,6H2,2-4H3. The van der Waals surface area contributed by atoms with Crippen molar-refractivity contribution in [1.82, 2.24) is 0 Å². The molecule has 0 bridgehead atoms. The number of rotatable bonds is 3. The molecule has 0 atom stereocenters. The Bertz CT molecular complexity index is 142. The molecule has 0 spiro atoms. The minimum atomic E-state index is -1.16. The molecule has 0 aromatic heterocycles. The van der Waals surface area contributed by atoms with Crippen molar-refractivity contribution in [2.24, 2.45) is 0 Å². The lowest BCUT2D eigenvalue weighted by Crippen LogP contribution is -2.17. The van der Waals surface area contributed by atoms with Crippen LogP contribution in [0.5, 0.6) is 0 Å². The highest BCUT2D eigenvalue weighted by Gasteiger charge is 2.08. The Kier molecular flexibility index (Phi) is 3.61. The normalized spacial score (nSPS) is 13.4. The van der Waals surface area contributed by atoms with E-state index in [0.717, 1.165) is 5.57 Å². The van der Waals surface area contributed by atoms with Crippen molar-refractivity contribution in [3.8, 4) is 0 Å². The molecule has 1 nitrogen and oxygen atoms in total. The van der Waals surface area contributed by atoms with Crippen LogP contribution in [-0.2, 0) is 0 Å². The van der Waals surface area contributed by atoms with Gasteiger partial charge >= 0.3 is 0 Å². The highest BCUT2D eigenvalue weighted by atomic mass is 28.3. The topological polar surface area (TPSA) is 20.2 Å². The van der Waals surface area contributed by atoms with Crippen molar-refractivity contribution in [3.63, 3.8) is 0 Å². The van der Waals surface area contributed by atoms with Crippen molar-refractivity contribution >= 4 is 8.07 Å². The van der Waals surface area contributed by atoms with Crippen molar-refractivity contribution < 1.29 is 5.11 Å². The largest absolute Gasteiger partial charge is 0.392 e. The Balaban J connectivity index is 4.24. The molecule has 0 saturated heterocycles. The zero-order valence-corrected chi connectivity index (χ0v) is 8.02. The summed E-state index contributed by atoms with van der Waals surface area (Å²) in [5.74, 6) is 0. The van der Waals surface area contributed by atoms with Crippen LogP contribution in [-0.4, -0.2) is 19.8 Å². The zero-order chi connectivity index (χ0) is 8.20. The lowest BCUT2D eigenvalue weighted by molar-refractivity contribution is 0.335. The molecule has 0 unspecified atom stereocenters. The molecule has 2 heteroatoms. The van der Waals surface area contributed by atoms with E-state index in [1.54, 1.807) is 6.08 Å². The molecule has 0 aliphatic rings. The van der Waals surface area contributed by atoms with Crippen LogP contribution < -0.4 is 0 Å². The summed E-state index contributed by atoms with van der Waals surface area (Å²) in [5.41, 5.74) is 3.11. The second-order valence-electron chi connectivity index (χ2n) is 3.45. The van der Waals surface area contributed by atoms with Gasteiger partial charge in [-0.05, 0) is 5.57 Å². The summed E-state index contributed by atoms with van der Waals surface area (Å²) in [6.45, 7) is 10.4. The maximum Gasteiger partial charge on any atom is 0.0691 e. The molecule has 0 saturated carbocycles. The van der Waals surface area contributed by atoms with Crippen LogP contribution in [0.25, 0.3) is 0 Å². The van der Waals surface area contributed by atoms with E-state index in [1.807, 2.05) is 0 Å². The molecule has 0 heterocycles. The smallest absolute Gasteiger partial charge is 0.0691 e. The maximum atomic E-state index is 8.77. The van der Waals surface area contributed by atoms with Gasteiger partial charge in [0.25, 0.3) is 0 Å². The molecule has 0 rings (SSSR count). The molecule has 0 aromatic rings. The van der Waals surface area contributed by atoms with Gasteiger partial charge in [-0.25, -0.2) is 0 Å². The Morgan fingerprint density at radius 1 is 1.50 bits per heavy atom. The summed E-state index contributed by atoms with van der Waals surface area (Å²) in [6.07, 6.45) is 1.72. The summed E-state index contributed by atoms with van der Waals surface area (Å²) < 4.78 is 0. The SMILES string of the molecule is C=CC(=C[Si](C)(C)C)CO. The Morgan fingerprint density at radius 3 is 2.10 bits per heavy atom. The third kappa shape index (κ3) is 4.53. The van der Waals surface area contributed by atoms with E-state index >= 15 is 0 Å². The number of hydrogen-bond acceptors (Lipinski definition) is 1. The molecule has 0 radical (unpaired) electrons. The first-order valence-corrected chi connectivity index (χ1v) is 7.02. The zero-order valence-electron chi connectivity index (χ0n) is 7.02. The number of aliphatic hydroxyl groups excluding tert-OH is 1. The second kappa shape index (κ2) is 3.74. The van der Waals surface area contributed by atoms with E-state index in [-0.39, 0.29) is 6.61 Å². The molecule has 0 aromatic carbocycles. The summed E-state index contributed by atoms with van der Waals surface area (Å²) in [7, 11) is -1.16. The lowest BCUT2D eigenvalue weighted by Gasteiger charge is -2.10. The van der Waals surface area contributed by atoms with Gasteiger partial charge in [0.15, 0.2) is 0 Å². The lowest BCUT2D eigenvalue weighted by atomic mass is 10.3. The Hall–Kier alpha value is -0.343. The maximum absolute atomic E-state index is 8.77. The van der Waals surface area contributed by atoms with Crippen LogP contribution in [0, 0.1) is 0 Å². The summed E-state index contributed by atoms with van der Waals surface area (Å²) in [6, 6.07) is 0. The van der Waals surface area contributed by atoms with Gasteiger partial charge in [-0.3, -0.25) is 0 Å². The van der Waals surface area contributed by atoms with Gasteiger partial charge in [0.1, 0.15) is 0 Å². The van der Waals surface area contributed by atoms with Gasteiger partial charge in [0.05, 0.1) is 14.7 Å². The van der Waals surface area contributed by atoms with E-state index in [4.69, 9.17) is 5.11 Å². The van der Waals surface area contributed by atoms with Crippen LogP contribution in [0.15, 0.2) is 23.9 Å². The Morgan fingerprint density at radius 2 is 2.00 bits per heavy atom. The predicted molar refractivity (Wildman–Crippen MR) is 48.7 cm³/mol. The average Bonchev–Trinajstić information content (AvgIpc) is 1.81. The highest BCUT2D eigenvalue weighted by Crippen LogP contribution is 2.06. The fraction of sp³-hybridized carbons (Fsp3) is 0.500. The summed E-state index contributed by atoms with van der Waals surface area (Å²) in [5, 5.41) is 8.77. The molecular formula is C8H16OSi. The molecule has 10 heavy (non-hydrogen) atoms. The monoisotopic (exact) mass is 156 g/mol. The predicted octanol–water partition coefficient (Wildman–Crippen LogP) is 1.97. The number of hydrogen-bond donors (Lipinski definition) is 1. The first-order valence-electron chi connectivity index (χ1n) is 3.44. The van der Waals surface area contributed by atoms with Gasteiger partial charge in [-0.1, -0.05) is 38.0 Å². The highest BCUT2D eigenvalue weighted by molar-refractivity contribution is 6.81. The van der Waals surface area contributed by atoms with Crippen LogP contribution >= 0.6 is 0 Å². The second-order valence-corrected chi connectivity index (χ2v) is 8.47. The quantitative estimate of drug-likeness (QED) is 0.489. The number of aliphatic hydroxyl groups is 1. The average molecular weight is 156 g/mol. The van der Waals surface area contributed by atoms with E-state index in [2.05, 4.69) is 31.9 Å². The third-order valence-corrected chi connectivity index (χ3v) is 2.30. The molecule has 0 aliphatic heterocycles. The van der Waals surface area contributed by atoms with Gasteiger partial charge in [-0.2, -0.15) is 0 Å². The van der Waals surface area contributed by atoms with Crippen molar-refractivity contribution in [3.05, 3.63) is 23.9 Å². The third-order valence-electron chi connectivity index (χ3n) is 1.06. The van der Waals surface area contributed by atoms with Crippen LogP contribution in [0.4, 0.5) is 0 Å². The van der Waals surface area contributed by atoms with Gasteiger partial charge in [-0.15, -0.1) is 0 Å². The van der Waals surface area contributed by atoms with E-state index < -0.39 is 8.07 Å². The molecule has 0 fully saturated rings. The summed E-state index contributed by atoms with van der Waals surface area (Å²) in [4.78, 5) is 0. The van der Waals surface area contributed by atoms with Crippen LogP contribution in [0.2, 0.25) is 19.6 Å². The van der Waals surface area contributed by atoms with E-state index in [1.165, 1.54) is 0 Å². The molecule has 0 amide bonds. The van der Waals surface area contributed by atoms with E-state index in [9.17, 15) is 0 Å². The van der Waals surface area contributed by atoms with Gasteiger partial charge in [0, 0.05) is 0 Å². The fourth-order valence-corrected chi connectivity index (χ4v) is 2.05.